The van der Waals surface area contributed by atoms with Crippen molar-refractivity contribution in [2.45, 2.75) is 29.6 Å². The highest BCUT2D eigenvalue weighted by Crippen LogP contribution is 2.39. The summed E-state index contributed by atoms with van der Waals surface area (Å²) in [5.74, 6) is 0.743. The van der Waals surface area contributed by atoms with Gasteiger partial charge in [-0.3, -0.25) is 0 Å². The number of aliphatic hydroxyl groups excluding tert-OH is 1. The van der Waals surface area contributed by atoms with Crippen molar-refractivity contribution < 1.29 is 5.11 Å². The zero-order valence-corrected chi connectivity index (χ0v) is 10.1. The van der Waals surface area contributed by atoms with Crippen LogP contribution in [0.3, 0.4) is 0 Å². The third-order valence-electron chi connectivity index (χ3n) is 2.70. The Morgan fingerprint density at radius 1 is 1.53 bits per heavy atom. The van der Waals surface area contributed by atoms with Gasteiger partial charge < -0.3 is 10.8 Å². The summed E-state index contributed by atoms with van der Waals surface area (Å²) in [4.78, 5) is 5.35. The summed E-state index contributed by atoms with van der Waals surface area (Å²) >= 11 is 1.50. The number of anilines is 1. The molecular weight excluding hydrogens is 236 g/mol. The molecule has 0 fully saturated rings. The average molecular weight is 248 g/mol. The number of nitrogens with two attached hydrogens (primary N) is 1. The number of hydrogen-bond acceptors (Lipinski definition) is 5. The van der Waals surface area contributed by atoms with Crippen LogP contribution in [0.15, 0.2) is 28.3 Å². The van der Waals surface area contributed by atoms with E-state index in [0.717, 1.165) is 27.9 Å². The average Bonchev–Trinajstić information content (AvgIpc) is 2.74. The molecule has 1 aliphatic heterocycles. The predicted molar refractivity (Wildman–Crippen MR) is 64.7 cm³/mol. The molecule has 0 saturated carbocycles. The summed E-state index contributed by atoms with van der Waals surface area (Å²) in [5.41, 5.74) is 7.16. The van der Waals surface area contributed by atoms with E-state index in [9.17, 15) is 5.11 Å². The highest BCUT2D eigenvalue weighted by molar-refractivity contribution is 7.99. The second kappa shape index (κ2) is 3.75. The zero-order chi connectivity index (χ0) is 12.0. The van der Waals surface area contributed by atoms with Gasteiger partial charge in [-0.25, -0.2) is 9.67 Å². The van der Waals surface area contributed by atoms with Gasteiger partial charge in [-0.05, 0) is 30.0 Å². The standard InChI is InChI=1S/C11H12N4OS/c1-2-9-13-11-15(14-9)10(16)7-5-6(12)3-4-8(7)17-11/h3-5,10,16H,2,12H2,1H3. The first-order chi connectivity index (χ1) is 8.19. The lowest BCUT2D eigenvalue weighted by Gasteiger charge is -2.21. The van der Waals surface area contributed by atoms with E-state index in [1.807, 2.05) is 19.1 Å². The van der Waals surface area contributed by atoms with E-state index in [0.29, 0.717) is 5.69 Å². The van der Waals surface area contributed by atoms with Crippen molar-refractivity contribution in [1.29, 1.82) is 0 Å². The van der Waals surface area contributed by atoms with Crippen molar-refractivity contribution in [2.24, 2.45) is 0 Å². The second-order valence-electron chi connectivity index (χ2n) is 3.88. The number of rotatable bonds is 1. The van der Waals surface area contributed by atoms with Crippen LogP contribution in [0.4, 0.5) is 5.69 Å². The number of benzene rings is 1. The van der Waals surface area contributed by atoms with Crippen molar-refractivity contribution in [3.8, 4) is 0 Å². The molecule has 3 rings (SSSR count). The number of nitrogen functional groups attached to an aromatic ring is 1. The Bertz CT molecular complexity index is 581. The SMILES string of the molecule is CCc1nc2n(n1)C(O)c1cc(N)ccc1S2. The molecule has 5 nitrogen and oxygen atoms in total. The van der Waals surface area contributed by atoms with Crippen molar-refractivity contribution >= 4 is 17.4 Å². The molecule has 1 aromatic heterocycles. The van der Waals surface area contributed by atoms with E-state index in [1.165, 1.54) is 11.8 Å². The van der Waals surface area contributed by atoms with Gasteiger partial charge in [-0.1, -0.05) is 6.92 Å². The number of aliphatic hydroxyl groups is 1. The maximum Gasteiger partial charge on any atom is 0.193 e. The first kappa shape index (κ1) is 10.6. The van der Waals surface area contributed by atoms with Crippen LogP contribution in [0.25, 0.3) is 0 Å². The zero-order valence-electron chi connectivity index (χ0n) is 9.29. The minimum Gasteiger partial charge on any atom is -0.399 e. The maximum absolute atomic E-state index is 10.2. The Morgan fingerprint density at radius 3 is 3.12 bits per heavy atom. The van der Waals surface area contributed by atoms with Crippen molar-refractivity contribution in [1.82, 2.24) is 14.8 Å². The van der Waals surface area contributed by atoms with Gasteiger partial charge in [0.2, 0.25) is 0 Å². The van der Waals surface area contributed by atoms with Gasteiger partial charge in [-0.2, -0.15) is 5.10 Å². The van der Waals surface area contributed by atoms with Gasteiger partial charge in [0.05, 0.1) is 0 Å². The lowest BCUT2D eigenvalue weighted by atomic mass is 10.2. The monoisotopic (exact) mass is 248 g/mol. The molecule has 2 aromatic rings. The first-order valence-corrected chi connectivity index (χ1v) is 6.21. The highest BCUT2D eigenvalue weighted by atomic mass is 32.2. The van der Waals surface area contributed by atoms with Crippen LogP contribution in [0, 0.1) is 0 Å². The summed E-state index contributed by atoms with van der Waals surface area (Å²) in [6, 6.07) is 5.51. The van der Waals surface area contributed by atoms with Crippen LogP contribution in [0.2, 0.25) is 0 Å². The Hall–Kier alpha value is -1.53. The smallest absolute Gasteiger partial charge is 0.193 e. The van der Waals surface area contributed by atoms with Gasteiger partial charge in [0.15, 0.2) is 17.2 Å². The molecule has 2 heterocycles. The third-order valence-corrected chi connectivity index (χ3v) is 3.76. The molecule has 3 N–H and O–H groups in total. The molecule has 0 aliphatic carbocycles. The van der Waals surface area contributed by atoms with Gasteiger partial charge >= 0.3 is 0 Å². The molecule has 1 aliphatic rings. The molecule has 0 amide bonds. The highest BCUT2D eigenvalue weighted by Gasteiger charge is 2.26. The van der Waals surface area contributed by atoms with Crippen molar-refractivity contribution in [2.75, 3.05) is 5.73 Å². The van der Waals surface area contributed by atoms with E-state index in [2.05, 4.69) is 10.1 Å². The summed E-state index contributed by atoms with van der Waals surface area (Å²) in [6.45, 7) is 1.99. The van der Waals surface area contributed by atoms with E-state index < -0.39 is 6.23 Å². The summed E-state index contributed by atoms with van der Waals surface area (Å²) < 4.78 is 1.55. The molecule has 1 aromatic carbocycles. The van der Waals surface area contributed by atoms with E-state index in [1.54, 1.807) is 10.7 Å². The largest absolute Gasteiger partial charge is 0.399 e. The molecule has 0 bridgehead atoms. The topological polar surface area (TPSA) is 77.0 Å². The molecule has 88 valence electrons. The number of aryl methyl sites for hydroxylation is 1. The molecule has 17 heavy (non-hydrogen) atoms. The Labute approximate surface area is 103 Å². The van der Waals surface area contributed by atoms with Crippen LogP contribution in [0.1, 0.15) is 24.5 Å². The van der Waals surface area contributed by atoms with Crippen LogP contribution < -0.4 is 5.73 Å². The number of hydrogen-bond donors (Lipinski definition) is 2. The van der Waals surface area contributed by atoms with Gasteiger partial charge in [0.25, 0.3) is 0 Å². The Morgan fingerprint density at radius 2 is 2.35 bits per heavy atom. The first-order valence-electron chi connectivity index (χ1n) is 5.40. The third kappa shape index (κ3) is 1.60. The van der Waals surface area contributed by atoms with E-state index >= 15 is 0 Å². The Balaban J connectivity index is 2.12. The van der Waals surface area contributed by atoms with Crippen molar-refractivity contribution in [3.63, 3.8) is 0 Å². The van der Waals surface area contributed by atoms with Crippen LogP contribution in [-0.2, 0) is 6.42 Å². The molecule has 6 heteroatoms. The molecule has 0 spiro atoms. The fraction of sp³-hybridized carbons (Fsp3) is 0.273. The minimum absolute atomic E-state index is 0.641. The lowest BCUT2D eigenvalue weighted by molar-refractivity contribution is 0.116. The van der Waals surface area contributed by atoms with Gasteiger partial charge in [-0.15, -0.1) is 0 Å². The summed E-state index contributed by atoms with van der Waals surface area (Å²) in [7, 11) is 0. The maximum atomic E-state index is 10.2. The molecular formula is C11H12N4OS. The fourth-order valence-corrected chi connectivity index (χ4v) is 2.82. The molecule has 0 saturated heterocycles. The van der Waals surface area contributed by atoms with Crippen LogP contribution in [-0.4, -0.2) is 19.9 Å². The molecule has 1 unspecified atom stereocenters. The normalized spacial score (nSPS) is 17.6. The fourth-order valence-electron chi connectivity index (χ4n) is 1.82. The predicted octanol–water partition coefficient (Wildman–Crippen LogP) is 1.43. The van der Waals surface area contributed by atoms with Gasteiger partial charge in [0.1, 0.15) is 0 Å². The number of fused-ring (bicyclic) bond motifs is 2. The lowest BCUT2D eigenvalue weighted by Crippen LogP contribution is -2.17. The number of aromatic nitrogens is 3. The number of nitrogens with zero attached hydrogens (tertiary/aromatic N) is 3. The Kier molecular flexibility index (Phi) is 2.34. The summed E-state index contributed by atoms with van der Waals surface area (Å²) in [6.07, 6.45) is -0.0382. The quantitative estimate of drug-likeness (QED) is 0.746. The van der Waals surface area contributed by atoms with Crippen molar-refractivity contribution in [3.05, 3.63) is 29.6 Å². The molecule has 0 radical (unpaired) electrons. The summed E-state index contributed by atoms with van der Waals surface area (Å²) in [5, 5.41) is 15.2. The molecule has 1 atom stereocenters. The van der Waals surface area contributed by atoms with Crippen LogP contribution in [0.5, 0.6) is 0 Å². The van der Waals surface area contributed by atoms with E-state index in [4.69, 9.17) is 5.73 Å². The van der Waals surface area contributed by atoms with E-state index in [-0.39, 0.29) is 0 Å². The second-order valence-corrected chi connectivity index (χ2v) is 4.89. The van der Waals surface area contributed by atoms with Crippen LogP contribution >= 0.6 is 11.8 Å². The van der Waals surface area contributed by atoms with Gasteiger partial charge in [0, 0.05) is 22.6 Å². The minimum atomic E-state index is -0.794.